The van der Waals surface area contributed by atoms with Crippen molar-refractivity contribution in [1.82, 2.24) is 0 Å². The highest BCUT2D eigenvalue weighted by Gasteiger charge is 2.14. The Labute approximate surface area is 90.6 Å². The molecule has 1 aliphatic rings. The molecule has 0 aliphatic carbocycles. The lowest BCUT2D eigenvalue weighted by Crippen LogP contribution is -2.30. The predicted octanol–water partition coefficient (Wildman–Crippen LogP) is 2.17. The number of aryl methyl sites for hydroxylation is 1. The Morgan fingerprint density at radius 2 is 2.33 bits per heavy atom. The summed E-state index contributed by atoms with van der Waals surface area (Å²) in [6.07, 6.45) is 2.29. The van der Waals surface area contributed by atoms with Crippen molar-refractivity contribution in [1.29, 1.82) is 0 Å². The van der Waals surface area contributed by atoms with Crippen LogP contribution in [0.1, 0.15) is 18.4 Å². The molecule has 0 amide bonds. The number of nitrogens with two attached hydrogens (primary N) is 1. The fourth-order valence-corrected chi connectivity index (χ4v) is 1.89. The molecule has 2 rings (SSSR count). The largest absolute Gasteiger partial charge is 0.397 e. The second kappa shape index (κ2) is 4.53. The molecule has 3 N–H and O–H groups in total. The average Bonchev–Trinajstić information content (AvgIpc) is 2.24. The first-order valence-corrected chi connectivity index (χ1v) is 5.46. The van der Waals surface area contributed by atoms with Gasteiger partial charge in [-0.05, 0) is 37.5 Å². The molecule has 15 heavy (non-hydrogen) atoms. The molecule has 1 atom stereocenters. The van der Waals surface area contributed by atoms with E-state index in [1.807, 2.05) is 19.1 Å². The summed E-state index contributed by atoms with van der Waals surface area (Å²) in [5, 5.41) is 3.43. The van der Waals surface area contributed by atoms with Gasteiger partial charge < -0.3 is 15.8 Å². The number of nitrogens with one attached hydrogen (secondary N) is 1. The van der Waals surface area contributed by atoms with Crippen LogP contribution >= 0.6 is 0 Å². The van der Waals surface area contributed by atoms with Crippen molar-refractivity contribution in [2.24, 2.45) is 0 Å². The molecule has 0 spiro atoms. The van der Waals surface area contributed by atoms with Gasteiger partial charge in [0.25, 0.3) is 0 Å². The van der Waals surface area contributed by atoms with E-state index in [1.54, 1.807) is 0 Å². The maximum absolute atomic E-state index is 5.94. The van der Waals surface area contributed by atoms with Gasteiger partial charge in [-0.1, -0.05) is 6.07 Å². The molecular weight excluding hydrogens is 188 g/mol. The second-order valence-electron chi connectivity index (χ2n) is 4.15. The molecule has 1 heterocycles. The fraction of sp³-hybridized carbons (Fsp3) is 0.500. The van der Waals surface area contributed by atoms with E-state index >= 15 is 0 Å². The van der Waals surface area contributed by atoms with Crippen molar-refractivity contribution in [3.8, 4) is 0 Å². The van der Waals surface area contributed by atoms with Gasteiger partial charge in [-0.15, -0.1) is 0 Å². The summed E-state index contributed by atoms with van der Waals surface area (Å²) in [6.45, 7) is 3.72. The van der Waals surface area contributed by atoms with E-state index in [-0.39, 0.29) is 0 Å². The van der Waals surface area contributed by atoms with E-state index in [0.29, 0.717) is 6.04 Å². The van der Waals surface area contributed by atoms with Crippen LogP contribution in [-0.4, -0.2) is 19.3 Å². The van der Waals surface area contributed by atoms with Gasteiger partial charge in [-0.3, -0.25) is 0 Å². The van der Waals surface area contributed by atoms with Gasteiger partial charge in [-0.2, -0.15) is 0 Å². The minimum atomic E-state index is 0.406. The van der Waals surface area contributed by atoms with Gasteiger partial charge in [0.1, 0.15) is 0 Å². The summed E-state index contributed by atoms with van der Waals surface area (Å²) in [7, 11) is 0. The number of ether oxygens (including phenoxy) is 1. The summed E-state index contributed by atoms with van der Waals surface area (Å²) in [4.78, 5) is 0. The van der Waals surface area contributed by atoms with Gasteiger partial charge in [0.15, 0.2) is 0 Å². The van der Waals surface area contributed by atoms with Crippen LogP contribution in [0, 0.1) is 6.92 Å². The Balaban J connectivity index is 2.03. The summed E-state index contributed by atoms with van der Waals surface area (Å²) in [6, 6.07) is 6.51. The first kappa shape index (κ1) is 10.3. The van der Waals surface area contributed by atoms with Crippen LogP contribution in [0.3, 0.4) is 0 Å². The van der Waals surface area contributed by atoms with Crippen molar-refractivity contribution >= 4 is 11.4 Å². The number of anilines is 2. The van der Waals surface area contributed by atoms with Crippen LogP contribution in [0.15, 0.2) is 18.2 Å². The van der Waals surface area contributed by atoms with Gasteiger partial charge in [0, 0.05) is 12.6 Å². The predicted molar refractivity (Wildman–Crippen MR) is 63.1 cm³/mol. The zero-order valence-corrected chi connectivity index (χ0v) is 9.12. The lowest BCUT2D eigenvalue weighted by Gasteiger charge is -2.24. The van der Waals surface area contributed by atoms with Crippen molar-refractivity contribution in [2.45, 2.75) is 25.8 Å². The molecule has 1 saturated heterocycles. The first-order chi connectivity index (χ1) is 7.25. The van der Waals surface area contributed by atoms with Crippen LogP contribution < -0.4 is 11.1 Å². The van der Waals surface area contributed by atoms with E-state index in [0.717, 1.165) is 37.4 Å². The Morgan fingerprint density at radius 1 is 1.47 bits per heavy atom. The Morgan fingerprint density at radius 3 is 3.00 bits per heavy atom. The topological polar surface area (TPSA) is 47.3 Å². The zero-order chi connectivity index (χ0) is 10.7. The molecule has 0 aromatic heterocycles. The van der Waals surface area contributed by atoms with Crippen molar-refractivity contribution in [2.75, 3.05) is 24.3 Å². The molecule has 0 radical (unpaired) electrons. The third kappa shape index (κ3) is 2.63. The lowest BCUT2D eigenvalue weighted by atomic mass is 10.1. The van der Waals surface area contributed by atoms with Gasteiger partial charge in [0.05, 0.1) is 18.0 Å². The molecule has 1 unspecified atom stereocenters. The quantitative estimate of drug-likeness (QED) is 0.729. The Kier molecular flexibility index (Phi) is 3.11. The first-order valence-electron chi connectivity index (χ1n) is 5.46. The average molecular weight is 206 g/mol. The Hall–Kier alpha value is -1.22. The standard InChI is InChI=1S/C12H18N2O/c1-9-4-5-12(11(13)7-9)14-10-3-2-6-15-8-10/h4-5,7,10,14H,2-3,6,8,13H2,1H3. The van der Waals surface area contributed by atoms with E-state index < -0.39 is 0 Å². The smallest absolute Gasteiger partial charge is 0.0667 e. The molecule has 0 saturated carbocycles. The normalized spacial score (nSPS) is 21.3. The summed E-state index contributed by atoms with van der Waals surface area (Å²) < 4.78 is 5.41. The van der Waals surface area contributed by atoms with E-state index in [4.69, 9.17) is 10.5 Å². The van der Waals surface area contributed by atoms with Gasteiger partial charge in [-0.25, -0.2) is 0 Å². The van der Waals surface area contributed by atoms with Gasteiger partial charge in [0.2, 0.25) is 0 Å². The molecule has 82 valence electrons. The van der Waals surface area contributed by atoms with Crippen LogP contribution in [0.2, 0.25) is 0 Å². The number of nitrogen functional groups attached to an aromatic ring is 1. The van der Waals surface area contributed by atoms with Crippen LogP contribution in [0.25, 0.3) is 0 Å². The summed E-state index contributed by atoms with van der Waals surface area (Å²) in [5.74, 6) is 0. The fourth-order valence-electron chi connectivity index (χ4n) is 1.89. The molecule has 3 heteroatoms. The SMILES string of the molecule is Cc1ccc(NC2CCCOC2)c(N)c1. The molecule has 1 aliphatic heterocycles. The maximum Gasteiger partial charge on any atom is 0.0667 e. The highest BCUT2D eigenvalue weighted by atomic mass is 16.5. The molecule has 1 fully saturated rings. The van der Waals surface area contributed by atoms with Crippen LogP contribution in [0.4, 0.5) is 11.4 Å². The zero-order valence-electron chi connectivity index (χ0n) is 9.12. The van der Waals surface area contributed by atoms with E-state index in [9.17, 15) is 0 Å². The number of hydrogen-bond donors (Lipinski definition) is 2. The van der Waals surface area contributed by atoms with Crippen molar-refractivity contribution < 1.29 is 4.74 Å². The molecule has 0 bridgehead atoms. The van der Waals surface area contributed by atoms with Gasteiger partial charge >= 0.3 is 0 Å². The van der Waals surface area contributed by atoms with Crippen LogP contribution in [-0.2, 0) is 4.74 Å². The molecule has 1 aromatic rings. The van der Waals surface area contributed by atoms with E-state index in [2.05, 4.69) is 11.4 Å². The minimum Gasteiger partial charge on any atom is -0.397 e. The molecule has 3 nitrogen and oxygen atoms in total. The monoisotopic (exact) mass is 206 g/mol. The summed E-state index contributed by atoms with van der Waals surface area (Å²) in [5.41, 5.74) is 8.97. The third-order valence-corrected chi connectivity index (χ3v) is 2.73. The lowest BCUT2D eigenvalue weighted by molar-refractivity contribution is 0.0876. The second-order valence-corrected chi connectivity index (χ2v) is 4.15. The number of hydrogen-bond acceptors (Lipinski definition) is 3. The third-order valence-electron chi connectivity index (χ3n) is 2.73. The minimum absolute atomic E-state index is 0.406. The van der Waals surface area contributed by atoms with Crippen molar-refractivity contribution in [3.63, 3.8) is 0 Å². The highest BCUT2D eigenvalue weighted by Crippen LogP contribution is 2.22. The molecule has 1 aromatic carbocycles. The summed E-state index contributed by atoms with van der Waals surface area (Å²) >= 11 is 0. The van der Waals surface area contributed by atoms with Crippen LogP contribution in [0.5, 0.6) is 0 Å². The van der Waals surface area contributed by atoms with Crippen molar-refractivity contribution in [3.05, 3.63) is 23.8 Å². The molecular formula is C12H18N2O. The highest BCUT2D eigenvalue weighted by molar-refractivity contribution is 5.67. The number of benzene rings is 1. The maximum atomic E-state index is 5.94. The number of rotatable bonds is 2. The van der Waals surface area contributed by atoms with E-state index in [1.165, 1.54) is 5.56 Å². The Bertz CT molecular complexity index is 332.